The number of nitrogens with zero attached hydrogens (tertiary/aromatic N) is 3. The molecule has 1 aliphatic heterocycles. The zero-order chi connectivity index (χ0) is 21.7. The Kier molecular flexibility index (Phi) is 6.28. The minimum Gasteiger partial charge on any atom is -0.497 e. The van der Waals surface area contributed by atoms with Gasteiger partial charge in [0, 0.05) is 31.0 Å². The summed E-state index contributed by atoms with van der Waals surface area (Å²) in [6.45, 7) is 2.35. The molecule has 1 aliphatic rings. The van der Waals surface area contributed by atoms with Crippen molar-refractivity contribution in [1.29, 1.82) is 0 Å². The number of amides is 1. The number of hydrogen-bond donors (Lipinski definition) is 1. The van der Waals surface area contributed by atoms with E-state index in [2.05, 4.69) is 33.1 Å². The number of methoxy groups -OCH3 is 1. The van der Waals surface area contributed by atoms with E-state index < -0.39 is 5.41 Å². The second kappa shape index (κ2) is 9.27. The highest BCUT2D eigenvalue weighted by Crippen LogP contribution is 2.37. The van der Waals surface area contributed by atoms with Crippen molar-refractivity contribution in [2.45, 2.75) is 25.8 Å². The number of piperidine rings is 1. The van der Waals surface area contributed by atoms with Gasteiger partial charge in [-0.15, -0.1) is 0 Å². The number of hydrogen-bond acceptors (Lipinski definition) is 5. The van der Waals surface area contributed by atoms with E-state index in [1.807, 2.05) is 30.3 Å². The number of carbonyl (C=O) groups is 1. The lowest BCUT2D eigenvalue weighted by molar-refractivity contribution is -0.131. The first-order chi connectivity index (χ1) is 15.1. The Hall–Kier alpha value is -3.25. The molecule has 4 rings (SSSR count). The Bertz CT molecular complexity index is 1040. The predicted octanol–water partition coefficient (Wildman–Crippen LogP) is 3.46. The number of nitrogens with two attached hydrogens (primary N) is 1. The van der Waals surface area contributed by atoms with Gasteiger partial charge in [0.1, 0.15) is 12.1 Å². The highest BCUT2D eigenvalue weighted by atomic mass is 16.5. The molecule has 6 heteroatoms. The van der Waals surface area contributed by atoms with Gasteiger partial charge in [0.2, 0.25) is 5.91 Å². The SMILES string of the molecule is COc1cccc(CN2CCCC(Cc3ccccc3-c3cncnc3)(C(N)=O)C2)c1. The average Bonchev–Trinajstić information content (AvgIpc) is 2.80. The highest BCUT2D eigenvalue weighted by Gasteiger charge is 2.41. The molecule has 0 saturated carbocycles. The number of aromatic nitrogens is 2. The van der Waals surface area contributed by atoms with Gasteiger partial charge in [-0.2, -0.15) is 0 Å². The molecule has 1 amide bonds. The third-order valence-electron chi connectivity index (χ3n) is 6.14. The first-order valence-corrected chi connectivity index (χ1v) is 10.6. The molecule has 1 aromatic heterocycles. The number of rotatable bonds is 7. The van der Waals surface area contributed by atoms with Crippen LogP contribution in [0.3, 0.4) is 0 Å². The van der Waals surface area contributed by atoms with Gasteiger partial charge < -0.3 is 10.5 Å². The number of carbonyl (C=O) groups excluding carboxylic acids is 1. The smallest absolute Gasteiger partial charge is 0.225 e. The van der Waals surface area contributed by atoms with Crippen LogP contribution in [-0.4, -0.2) is 41.0 Å². The summed E-state index contributed by atoms with van der Waals surface area (Å²) in [7, 11) is 1.67. The molecular weight excluding hydrogens is 388 g/mol. The van der Waals surface area contributed by atoms with E-state index in [-0.39, 0.29) is 5.91 Å². The molecule has 0 radical (unpaired) electrons. The fourth-order valence-corrected chi connectivity index (χ4v) is 4.58. The van der Waals surface area contributed by atoms with Gasteiger partial charge in [0.15, 0.2) is 0 Å². The summed E-state index contributed by atoms with van der Waals surface area (Å²) in [5, 5.41) is 0. The fraction of sp³-hybridized carbons (Fsp3) is 0.320. The van der Waals surface area contributed by atoms with Crippen molar-refractivity contribution in [3.63, 3.8) is 0 Å². The third kappa shape index (κ3) is 4.75. The number of likely N-dealkylation sites (tertiary alicyclic amines) is 1. The summed E-state index contributed by atoms with van der Waals surface area (Å²) < 4.78 is 5.35. The third-order valence-corrected chi connectivity index (χ3v) is 6.14. The van der Waals surface area contributed by atoms with E-state index in [4.69, 9.17) is 10.5 Å². The van der Waals surface area contributed by atoms with E-state index in [1.54, 1.807) is 19.5 Å². The Morgan fingerprint density at radius 1 is 1.16 bits per heavy atom. The molecule has 0 bridgehead atoms. The van der Waals surface area contributed by atoms with Crippen molar-refractivity contribution in [2.75, 3.05) is 20.2 Å². The summed E-state index contributed by atoms with van der Waals surface area (Å²) >= 11 is 0. The van der Waals surface area contributed by atoms with Crippen molar-refractivity contribution < 1.29 is 9.53 Å². The summed E-state index contributed by atoms with van der Waals surface area (Å²) in [5.41, 5.74) is 9.68. The van der Waals surface area contributed by atoms with Crippen LogP contribution in [0.1, 0.15) is 24.0 Å². The molecule has 1 fully saturated rings. The molecular formula is C25H28N4O2. The van der Waals surface area contributed by atoms with Gasteiger partial charge >= 0.3 is 0 Å². The molecule has 2 N–H and O–H groups in total. The maximum absolute atomic E-state index is 12.8. The molecule has 0 spiro atoms. The van der Waals surface area contributed by atoms with Crippen molar-refractivity contribution in [1.82, 2.24) is 14.9 Å². The van der Waals surface area contributed by atoms with Crippen molar-refractivity contribution in [3.8, 4) is 16.9 Å². The minimum atomic E-state index is -0.608. The number of ether oxygens (including phenoxy) is 1. The lowest BCUT2D eigenvalue weighted by Crippen LogP contribution is -2.51. The van der Waals surface area contributed by atoms with E-state index >= 15 is 0 Å². The van der Waals surface area contributed by atoms with Gasteiger partial charge in [-0.05, 0) is 54.6 Å². The van der Waals surface area contributed by atoms with Gasteiger partial charge in [0.05, 0.1) is 12.5 Å². The topological polar surface area (TPSA) is 81.3 Å². The standard InChI is InChI=1S/C25H28N4O2/c1-31-22-8-4-6-19(12-22)16-29-11-5-10-25(17-29,24(26)30)13-20-7-2-3-9-23(20)21-14-27-18-28-15-21/h2-4,6-9,12,14-15,18H,5,10-11,13,16-17H2,1H3,(H2,26,30). The van der Waals surface area contributed by atoms with Gasteiger partial charge in [0.25, 0.3) is 0 Å². The van der Waals surface area contributed by atoms with Gasteiger partial charge in [-0.25, -0.2) is 9.97 Å². The van der Waals surface area contributed by atoms with Crippen LogP contribution in [-0.2, 0) is 17.8 Å². The van der Waals surface area contributed by atoms with Gasteiger partial charge in [-0.3, -0.25) is 9.69 Å². The zero-order valence-corrected chi connectivity index (χ0v) is 17.8. The Morgan fingerprint density at radius 3 is 2.74 bits per heavy atom. The highest BCUT2D eigenvalue weighted by molar-refractivity contribution is 5.82. The average molecular weight is 417 g/mol. The van der Waals surface area contributed by atoms with Crippen LogP contribution in [0, 0.1) is 5.41 Å². The zero-order valence-electron chi connectivity index (χ0n) is 17.8. The van der Waals surface area contributed by atoms with Crippen LogP contribution in [0.25, 0.3) is 11.1 Å². The monoisotopic (exact) mass is 416 g/mol. The normalized spacial score (nSPS) is 19.1. The van der Waals surface area contributed by atoms with Crippen molar-refractivity contribution >= 4 is 5.91 Å². The predicted molar refractivity (Wildman–Crippen MR) is 120 cm³/mol. The summed E-state index contributed by atoms with van der Waals surface area (Å²) in [6, 6.07) is 16.2. The maximum Gasteiger partial charge on any atom is 0.225 e. The molecule has 1 unspecified atom stereocenters. The molecule has 0 aliphatic carbocycles. The summed E-state index contributed by atoms with van der Waals surface area (Å²) in [6.07, 6.45) is 7.45. The number of benzene rings is 2. The lowest BCUT2D eigenvalue weighted by Gasteiger charge is -2.41. The van der Waals surface area contributed by atoms with Crippen molar-refractivity contribution in [3.05, 3.63) is 78.4 Å². The lowest BCUT2D eigenvalue weighted by atomic mass is 9.73. The summed E-state index contributed by atoms with van der Waals surface area (Å²) in [4.78, 5) is 23.4. The van der Waals surface area contributed by atoms with Gasteiger partial charge in [-0.1, -0.05) is 36.4 Å². The van der Waals surface area contributed by atoms with Crippen LogP contribution in [0.15, 0.2) is 67.3 Å². The molecule has 1 atom stereocenters. The first kappa shape index (κ1) is 21.0. The largest absolute Gasteiger partial charge is 0.497 e. The number of primary amides is 1. The van der Waals surface area contributed by atoms with Crippen LogP contribution in [0.5, 0.6) is 5.75 Å². The summed E-state index contributed by atoms with van der Waals surface area (Å²) in [5.74, 6) is 0.608. The van der Waals surface area contributed by atoms with Crippen LogP contribution in [0.4, 0.5) is 0 Å². The Labute approximate surface area is 183 Å². The first-order valence-electron chi connectivity index (χ1n) is 10.6. The van der Waals surface area contributed by atoms with E-state index in [0.717, 1.165) is 48.4 Å². The maximum atomic E-state index is 12.8. The molecule has 1 saturated heterocycles. The van der Waals surface area contributed by atoms with E-state index in [1.165, 1.54) is 11.9 Å². The Morgan fingerprint density at radius 2 is 1.97 bits per heavy atom. The van der Waals surface area contributed by atoms with Crippen molar-refractivity contribution in [2.24, 2.45) is 11.1 Å². The molecule has 31 heavy (non-hydrogen) atoms. The molecule has 2 heterocycles. The quantitative estimate of drug-likeness (QED) is 0.638. The fourth-order valence-electron chi connectivity index (χ4n) is 4.58. The Balaban J connectivity index is 1.59. The molecule has 3 aromatic rings. The minimum absolute atomic E-state index is 0.234. The second-order valence-corrected chi connectivity index (χ2v) is 8.27. The second-order valence-electron chi connectivity index (χ2n) is 8.27. The van der Waals surface area contributed by atoms with E-state index in [9.17, 15) is 4.79 Å². The molecule has 160 valence electrons. The van der Waals surface area contributed by atoms with E-state index in [0.29, 0.717) is 13.0 Å². The van der Waals surface area contributed by atoms with Crippen LogP contribution >= 0.6 is 0 Å². The molecule has 6 nitrogen and oxygen atoms in total. The van der Waals surface area contributed by atoms with Crippen LogP contribution in [0.2, 0.25) is 0 Å². The van der Waals surface area contributed by atoms with Crippen LogP contribution < -0.4 is 10.5 Å². The molecule has 2 aromatic carbocycles.